The molecule has 1 aromatic carbocycles. The molecule has 0 atom stereocenters. The molecule has 0 aliphatic rings. The van der Waals surface area contributed by atoms with Crippen molar-refractivity contribution in [3.05, 3.63) is 53.6 Å². The first-order valence-corrected chi connectivity index (χ1v) is 8.55. The Bertz CT molecular complexity index is 972. The zero-order valence-electron chi connectivity index (χ0n) is 13.6. The van der Waals surface area contributed by atoms with E-state index in [2.05, 4.69) is 25.7 Å². The fourth-order valence-electron chi connectivity index (χ4n) is 2.49. The number of tetrazole rings is 1. The van der Waals surface area contributed by atoms with E-state index in [-0.39, 0.29) is 0 Å². The molecule has 0 aliphatic heterocycles. The van der Waals surface area contributed by atoms with Crippen molar-refractivity contribution in [2.75, 3.05) is 0 Å². The van der Waals surface area contributed by atoms with Crippen LogP contribution in [0.4, 0.5) is 0 Å². The average Bonchev–Trinajstić information content (AvgIpc) is 3.34. The number of rotatable bonds is 5. The van der Waals surface area contributed by atoms with E-state index in [0.717, 1.165) is 16.8 Å². The third-order valence-corrected chi connectivity index (χ3v) is 4.53. The van der Waals surface area contributed by atoms with Crippen molar-refractivity contribution in [2.45, 2.75) is 24.8 Å². The van der Waals surface area contributed by atoms with E-state index >= 15 is 0 Å². The third kappa shape index (κ3) is 3.05. The van der Waals surface area contributed by atoms with Gasteiger partial charge in [0, 0.05) is 0 Å². The number of hydrogen-bond acceptors (Lipinski definition) is 8. The Labute approximate surface area is 147 Å². The van der Waals surface area contributed by atoms with Crippen LogP contribution in [-0.4, -0.2) is 30.3 Å². The van der Waals surface area contributed by atoms with Gasteiger partial charge in [0.2, 0.25) is 16.9 Å². The molecule has 0 fully saturated rings. The van der Waals surface area contributed by atoms with Gasteiger partial charge in [-0.25, -0.2) is 0 Å². The summed E-state index contributed by atoms with van der Waals surface area (Å²) in [6, 6.07) is 9.64. The number of hydrogen-bond donors (Lipinski definition) is 0. The lowest BCUT2D eigenvalue weighted by atomic mass is 10.1. The van der Waals surface area contributed by atoms with Crippen LogP contribution >= 0.6 is 11.8 Å². The van der Waals surface area contributed by atoms with Gasteiger partial charge >= 0.3 is 0 Å². The van der Waals surface area contributed by atoms with Crippen LogP contribution in [0.2, 0.25) is 0 Å². The van der Waals surface area contributed by atoms with E-state index in [1.165, 1.54) is 11.8 Å². The first-order valence-electron chi connectivity index (χ1n) is 7.56. The van der Waals surface area contributed by atoms with Crippen LogP contribution < -0.4 is 0 Å². The molecule has 0 saturated heterocycles. The Morgan fingerprint density at radius 3 is 2.72 bits per heavy atom. The Morgan fingerprint density at radius 2 is 1.96 bits per heavy atom. The second-order valence-corrected chi connectivity index (χ2v) is 6.33. The number of aryl methyl sites for hydroxylation is 2. The zero-order valence-corrected chi connectivity index (χ0v) is 14.4. The Kier molecular flexibility index (Phi) is 4.06. The highest BCUT2D eigenvalue weighted by Gasteiger charge is 2.16. The van der Waals surface area contributed by atoms with Gasteiger partial charge in [-0.2, -0.15) is 9.67 Å². The molecule has 0 unspecified atom stereocenters. The number of nitrogens with zero attached hydrogens (tertiary/aromatic N) is 6. The average molecular weight is 354 g/mol. The largest absolute Gasteiger partial charge is 0.461 e. The van der Waals surface area contributed by atoms with Crippen LogP contribution in [0.3, 0.4) is 0 Å². The SMILES string of the molecule is Cc1cccc(C)c1-n1nnnc1SCc1nc(-c2ccco2)no1. The predicted octanol–water partition coefficient (Wildman–Crippen LogP) is 3.21. The van der Waals surface area contributed by atoms with E-state index < -0.39 is 0 Å². The molecule has 25 heavy (non-hydrogen) atoms. The Balaban J connectivity index is 1.54. The van der Waals surface area contributed by atoms with Gasteiger partial charge in [0.25, 0.3) is 0 Å². The molecule has 4 aromatic rings. The lowest BCUT2D eigenvalue weighted by Gasteiger charge is -2.09. The van der Waals surface area contributed by atoms with Crippen molar-refractivity contribution in [1.82, 2.24) is 30.3 Å². The summed E-state index contributed by atoms with van der Waals surface area (Å²) in [6.07, 6.45) is 1.57. The normalized spacial score (nSPS) is 11.1. The van der Waals surface area contributed by atoms with Crippen molar-refractivity contribution >= 4 is 11.8 Å². The number of aromatic nitrogens is 6. The van der Waals surface area contributed by atoms with Gasteiger partial charge in [0.1, 0.15) is 0 Å². The maximum Gasteiger partial charge on any atom is 0.238 e. The van der Waals surface area contributed by atoms with E-state index in [1.54, 1.807) is 23.1 Å². The number of thioether (sulfide) groups is 1. The minimum atomic E-state index is 0.426. The molecular weight excluding hydrogens is 340 g/mol. The third-order valence-electron chi connectivity index (χ3n) is 3.63. The summed E-state index contributed by atoms with van der Waals surface area (Å²) in [5.41, 5.74) is 3.19. The fraction of sp³-hybridized carbons (Fsp3) is 0.188. The first kappa shape index (κ1) is 15.6. The summed E-state index contributed by atoms with van der Waals surface area (Å²) in [5.74, 6) is 1.93. The van der Waals surface area contributed by atoms with Gasteiger partial charge < -0.3 is 8.94 Å². The Morgan fingerprint density at radius 1 is 1.12 bits per heavy atom. The summed E-state index contributed by atoms with van der Waals surface area (Å²) in [6.45, 7) is 4.07. The summed E-state index contributed by atoms with van der Waals surface area (Å²) in [5, 5.41) is 16.6. The minimum absolute atomic E-state index is 0.426. The number of furan rings is 1. The van der Waals surface area contributed by atoms with E-state index in [1.807, 2.05) is 32.0 Å². The number of benzene rings is 1. The highest BCUT2D eigenvalue weighted by molar-refractivity contribution is 7.98. The minimum Gasteiger partial charge on any atom is -0.461 e. The van der Waals surface area contributed by atoms with Crippen LogP contribution in [0.1, 0.15) is 17.0 Å². The maximum absolute atomic E-state index is 5.26. The second kappa shape index (κ2) is 6.52. The fourth-order valence-corrected chi connectivity index (χ4v) is 3.21. The van der Waals surface area contributed by atoms with Crippen molar-refractivity contribution in [1.29, 1.82) is 0 Å². The van der Waals surface area contributed by atoms with Crippen molar-refractivity contribution in [3.8, 4) is 17.3 Å². The monoisotopic (exact) mass is 354 g/mol. The van der Waals surface area contributed by atoms with E-state index in [9.17, 15) is 0 Å². The van der Waals surface area contributed by atoms with E-state index in [0.29, 0.717) is 28.4 Å². The Hall–Kier alpha value is -2.94. The highest BCUT2D eigenvalue weighted by Crippen LogP contribution is 2.26. The van der Waals surface area contributed by atoms with Crippen LogP contribution in [-0.2, 0) is 5.75 Å². The summed E-state index contributed by atoms with van der Waals surface area (Å²) < 4.78 is 12.3. The zero-order chi connectivity index (χ0) is 17.2. The van der Waals surface area contributed by atoms with Crippen molar-refractivity contribution < 1.29 is 8.94 Å². The molecule has 0 bridgehead atoms. The number of para-hydroxylation sites is 1. The molecule has 126 valence electrons. The van der Waals surface area contributed by atoms with Crippen LogP contribution in [0.5, 0.6) is 0 Å². The van der Waals surface area contributed by atoms with Gasteiger partial charge in [-0.05, 0) is 47.5 Å². The topological polar surface area (TPSA) is 95.7 Å². The summed E-state index contributed by atoms with van der Waals surface area (Å²) in [4.78, 5) is 4.32. The molecule has 4 rings (SSSR count). The smallest absolute Gasteiger partial charge is 0.238 e. The van der Waals surface area contributed by atoms with Gasteiger partial charge in [0.05, 0.1) is 17.7 Å². The molecule has 8 nitrogen and oxygen atoms in total. The standard InChI is InChI=1S/C16H14N6O2S/c1-10-5-3-6-11(2)14(10)22-16(18-20-21-22)25-9-13-17-15(19-24-13)12-7-4-8-23-12/h3-8H,9H2,1-2H3. The maximum atomic E-state index is 5.26. The highest BCUT2D eigenvalue weighted by atomic mass is 32.2. The molecule has 0 amide bonds. The molecule has 0 spiro atoms. The molecule has 0 radical (unpaired) electrons. The van der Waals surface area contributed by atoms with Gasteiger partial charge in [-0.15, -0.1) is 5.10 Å². The summed E-state index contributed by atoms with van der Waals surface area (Å²) in [7, 11) is 0. The van der Waals surface area contributed by atoms with Crippen LogP contribution in [0.25, 0.3) is 17.3 Å². The van der Waals surface area contributed by atoms with Gasteiger partial charge in [-0.1, -0.05) is 35.1 Å². The summed E-state index contributed by atoms with van der Waals surface area (Å²) >= 11 is 1.43. The van der Waals surface area contributed by atoms with Crippen molar-refractivity contribution in [2.24, 2.45) is 0 Å². The molecule has 3 aromatic heterocycles. The lowest BCUT2D eigenvalue weighted by Crippen LogP contribution is -2.04. The first-order chi connectivity index (χ1) is 12.2. The molecule has 0 aliphatic carbocycles. The van der Waals surface area contributed by atoms with Gasteiger partial charge in [-0.3, -0.25) is 0 Å². The molecule has 0 saturated carbocycles. The molecule has 3 heterocycles. The van der Waals surface area contributed by atoms with E-state index in [4.69, 9.17) is 8.94 Å². The molecule has 9 heteroatoms. The van der Waals surface area contributed by atoms with Crippen LogP contribution in [0.15, 0.2) is 50.7 Å². The van der Waals surface area contributed by atoms with Crippen LogP contribution in [0, 0.1) is 13.8 Å². The lowest BCUT2D eigenvalue weighted by molar-refractivity contribution is 0.390. The quantitative estimate of drug-likeness (QED) is 0.504. The van der Waals surface area contributed by atoms with Gasteiger partial charge in [0.15, 0.2) is 5.76 Å². The van der Waals surface area contributed by atoms with Crippen molar-refractivity contribution in [3.63, 3.8) is 0 Å². The predicted molar refractivity (Wildman–Crippen MR) is 90.2 cm³/mol. The second-order valence-electron chi connectivity index (χ2n) is 5.39. The molecule has 0 N–H and O–H groups in total. The molecular formula is C16H14N6O2S.